The Morgan fingerprint density at radius 3 is 2.64 bits per heavy atom. The van der Waals surface area contributed by atoms with Crippen LogP contribution in [0.1, 0.15) is 30.1 Å². The Morgan fingerprint density at radius 2 is 2.05 bits per heavy atom. The topological polar surface area (TPSA) is 70.4 Å². The Labute approximate surface area is 127 Å². The van der Waals surface area contributed by atoms with Crippen LogP contribution >= 0.6 is 0 Å². The molecular weight excluding hydrogens is 294 g/mol. The summed E-state index contributed by atoms with van der Waals surface area (Å²) in [5.41, 5.74) is -0.303. The Hall–Kier alpha value is -2.49. The first-order valence-electron chi connectivity index (χ1n) is 6.76. The van der Waals surface area contributed by atoms with Crippen LogP contribution in [0.2, 0.25) is 0 Å². The lowest BCUT2D eigenvalue weighted by atomic mass is 10.1. The summed E-state index contributed by atoms with van der Waals surface area (Å²) in [5.74, 6) is -2.96. The molecule has 0 saturated carbocycles. The molecule has 118 valence electrons. The van der Waals surface area contributed by atoms with Crippen molar-refractivity contribution in [1.82, 2.24) is 4.90 Å². The lowest BCUT2D eigenvalue weighted by molar-refractivity contribution is -0.143. The minimum absolute atomic E-state index is 0.00381. The van der Waals surface area contributed by atoms with E-state index in [1.54, 1.807) is 6.92 Å². The first-order chi connectivity index (χ1) is 10.5. The molecule has 1 aromatic carbocycles. The first-order valence-corrected chi connectivity index (χ1v) is 6.76. The van der Waals surface area contributed by atoms with Crippen LogP contribution < -0.4 is 0 Å². The molecule has 0 aliphatic heterocycles. The quantitative estimate of drug-likeness (QED) is 0.724. The van der Waals surface area contributed by atoms with Gasteiger partial charge in [-0.1, -0.05) is 0 Å². The fourth-order valence-corrected chi connectivity index (χ4v) is 1.79. The van der Waals surface area contributed by atoms with Crippen molar-refractivity contribution in [3.05, 3.63) is 35.4 Å². The van der Waals surface area contributed by atoms with Gasteiger partial charge in [0.05, 0.1) is 31.1 Å². The number of amides is 1. The number of hydrogen-bond acceptors (Lipinski definition) is 4. The standard InChI is InChI=1S/C15H16F2N2O3/c1-2-22-14(20)6-9-19(8-3-7-18)15(21)12-5-4-11(16)10-13(12)17/h4-5,10H,2-3,6,8-9H2,1H3. The van der Waals surface area contributed by atoms with Gasteiger partial charge in [-0.25, -0.2) is 8.78 Å². The summed E-state index contributed by atoms with van der Waals surface area (Å²) < 4.78 is 31.3. The molecule has 0 aromatic heterocycles. The third-order valence-electron chi connectivity index (χ3n) is 2.83. The van der Waals surface area contributed by atoms with E-state index in [1.165, 1.54) is 4.90 Å². The van der Waals surface area contributed by atoms with E-state index >= 15 is 0 Å². The van der Waals surface area contributed by atoms with E-state index in [1.807, 2.05) is 6.07 Å². The molecule has 0 spiro atoms. The van der Waals surface area contributed by atoms with Crippen molar-refractivity contribution >= 4 is 11.9 Å². The van der Waals surface area contributed by atoms with Crippen LogP contribution in [0.3, 0.4) is 0 Å². The SMILES string of the molecule is CCOC(=O)CCN(CCC#N)C(=O)c1ccc(F)cc1F. The van der Waals surface area contributed by atoms with Crippen molar-refractivity contribution in [1.29, 1.82) is 5.26 Å². The van der Waals surface area contributed by atoms with Gasteiger partial charge >= 0.3 is 5.97 Å². The molecule has 0 atom stereocenters. The molecular formula is C15H16F2N2O3. The lowest BCUT2D eigenvalue weighted by Crippen LogP contribution is -2.34. The maximum Gasteiger partial charge on any atom is 0.307 e. The maximum absolute atomic E-state index is 13.7. The van der Waals surface area contributed by atoms with E-state index in [9.17, 15) is 18.4 Å². The van der Waals surface area contributed by atoms with E-state index < -0.39 is 23.5 Å². The molecule has 0 fully saturated rings. The number of nitriles is 1. The third-order valence-corrected chi connectivity index (χ3v) is 2.83. The fourth-order valence-electron chi connectivity index (χ4n) is 1.79. The zero-order valence-corrected chi connectivity index (χ0v) is 12.1. The number of halogens is 2. The lowest BCUT2D eigenvalue weighted by Gasteiger charge is -2.21. The molecule has 0 heterocycles. The van der Waals surface area contributed by atoms with Crippen molar-refractivity contribution in [2.24, 2.45) is 0 Å². The van der Waals surface area contributed by atoms with E-state index in [0.717, 1.165) is 12.1 Å². The van der Waals surface area contributed by atoms with Crippen molar-refractivity contribution in [2.75, 3.05) is 19.7 Å². The highest BCUT2D eigenvalue weighted by atomic mass is 19.1. The second-order valence-electron chi connectivity index (χ2n) is 4.38. The fraction of sp³-hybridized carbons (Fsp3) is 0.400. The van der Waals surface area contributed by atoms with Crippen LogP contribution in [0, 0.1) is 23.0 Å². The summed E-state index contributed by atoms with van der Waals surface area (Å²) in [4.78, 5) is 24.8. The monoisotopic (exact) mass is 310 g/mol. The second-order valence-corrected chi connectivity index (χ2v) is 4.38. The van der Waals surface area contributed by atoms with E-state index in [0.29, 0.717) is 6.07 Å². The van der Waals surface area contributed by atoms with Gasteiger partial charge in [0.15, 0.2) is 0 Å². The van der Waals surface area contributed by atoms with Gasteiger partial charge in [0.25, 0.3) is 5.91 Å². The van der Waals surface area contributed by atoms with Crippen LogP contribution in [0.5, 0.6) is 0 Å². The highest BCUT2D eigenvalue weighted by Crippen LogP contribution is 2.13. The van der Waals surface area contributed by atoms with E-state index in [-0.39, 0.29) is 38.1 Å². The maximum atomic E-state index is 13.7. The summed E-state index contributed by atoms with van der Waals surface area (Å²) in [6.07, 6.45) is -0.0226. The Bertz CT molecular complexity index is 585. The largest absolute Gasteiger partial charge is 0.466 e. The third kappa shape index (κ3) is 5.13. The van der Waals surface area contributed by atoms with Gasteiger partial charge in [-0.05, 0) is 19.1 Å². The van der Waals surface area contributed by atoms with Gasteiger partial charge in [0.1, 0.15) is 11.6 Å². The predicted octanol–water partition coefficient (Wildman–Crippen LogP) is 2.27. The molecule has 1 amide bonds. The summed E-state index contributed by atoms with van der Waals surface area (Å²) in [7, 11) is 0. The first kappa shape index (κ1) is 17.6. The van der Waals surface area contributed by atoms with Crippen molar-refractivity contribution in [2.45, 2.75) is 19.8 Å². The highest BCUT2D eigenvalue weighted by Gasteiger charge is 2.20. The van der Waals surface area contributed by atoms with Gasteiger partial charge in [0, 0.05) is 19.2 Å². The Kier molecular flexibility index (Phi) is 6.96. The molecule has 1 aromatic rings. The molecule has 0 N–H and O–H groups in total. The molecule has 5 nitrogen and oxygen atoms in total. The zero-order chi connectivity index (χ0) is 16.5. The number of nitrogens with zero attached hydrogens (tertiary/aromatic N) is 2. The minimum atomic E-state index is -0.983. The summed E-state index contributed by atoms with van der Waals surface area (Å²) in [6.45, 7) is 1.92. The average molecular weight is 310 g/mol. The number of carbonyl (C=O) groups is 2. The van der Waals surface area contributed by atoms with Crippen LogP contribution in [0.25, 0.3) is 0 Å². The molecule has 0 aliphatic carbocycles. The average Bonchev–Trinajstić information content (AvgIpc) is 2.47. The number of esters is 1. The number of rotatable bonds is 7. The molecule has 1 rings (SSSR count). The van der Waals surface area contributed by atoms with Crippen LogP contribution in [-0.2, 0) is 9.53 Å². The molecule has 7 heteroatoms. The molecule has 0 bridgehead atoms. The predicted molar refractivity (Wildman–Crippen MR) is 73.7 cm³/mol. The van der Waals surface area contributed by atoms with Crippen LogP contribution in [-0.4, -0.2) is 36.5 Å². The van der Waals surface area contributed by atoms with Crippen LogP contribution in [0.15, 0.2) is 18.2 Å². The van der Waals surface area contributed by atoms with Crippen molar-refractivity contribution in [3.8, 4) is 6.07 Å². The molecule has 0 unspecified atom stereocenters. The van der Waals surface area contributed by atoms with Crippen molar-refractivity contribution < 1.29 is 23.1 Å². The molecule has 22 heavy (non-hydrogen) atoms. The molecule has 0 radical (unpaired) electrons. The summed E-state index contributed by atoms with van der Waals surface area (Å²) >= 11 is 0. The Balaban J connectivity index is 2.83. The number of hydrogen-bond donors (Lipinski definition) is 0. The van der Waals surface area contributed by atoms with Gasteiger partial charge in [-0.3, -0.25) is 9.59 Å². The summed E-state index contributed by atoms with van der Waals surface area (Å²) in [6, 6.07) is 4.50. The van der Waals surface area contributed by atoms with E-state index in [2.05, 4.69) is 0 Å². The van der Waals surface area contributed by atoms with Gasteiger partial charge in [0.2, 0.25) is 0 Å². The number of ether oxygens (including phenoxy) is 1. The number of carbonyl (C=O) groups excluding carboxylic acids is 2. The van der Waals surface area contributed by atoms with Crippen LogP contribution in [0.4, 0.5) is 8.78 Å². The Morgan fingerprint density at radius 1 is 1.32 bits per heavy atom. The van der Waals surface area contributed by atoms with E-state index in [4.69, 9.17) is 10.00 Å². The van der Waals surface area contributed by atoms with Gasteiger partial charge < -0.3 is 9.64 Å². The van der Waals surface area contributed by atoms with Gasteiger partial charge in [-0.2, -0.15) is 5.26 Å². The minimum Gasteiger partial charge on any atom is -0.466 e. The van der Waals surface area contributed by atoms with Crippen molar-refractivity contribution in [3.63, 3.8) is 0 Å². The molecule has 0 saturated heterocycles. The number of benzene rings is 1. The summed E-state index contributed by atoms with van der Waals surface area (Å²) in [5, 5.41) is 8.62. The molecule has 0 aliphatic rings. The zero-order valence-electron chi connectivity index (χ0n) is 12.1. The normalized spacial score (nSPS) is 9.91. The second kappa shape index (κ2) is 8.72. The highest BCUT2D eigenvalue weighted by molar-refractivity contribution is 5.94. The van der Waals surface area contributed by atoms with Gasteiger partial charge in [-0.15, -0.1) is 0 Å². The smallest absolute Gasteiger partial charge is 0.307 e.